The summed E-state index contributed by atoms with van der Waals surface area (Å²) in [5, 5.41) is 6.35. The molecule has 0 spiro atoms. The summed E-state index contributed by atoms with van der Waals surface area (Å²) in [7, 11) is 3.21. The number of piperazine rings is 1. The predicted octanol–water partition coefficient (Wildman–Crippen LogP) is 2.90. The summed E-state index contributed by atoms with van der Waals surface area (Å²) in [4.78, 5) is 4.08. The van der Waals surface area contributed by atoms with Crippen LogP contribution in [0.2, 0.25) is 0 Å². The Balaban J connectivity index is 1.60. The molecule has 1 saturated heterocycles. The maximum Gasteiger partial charge on any atom is 0.445 e. The van der Waals surface area contributed by atoms with Crippen LogP contribution in [-0.4, -0.2) is 55.5 Å². The Labute approximate surface area is 153 Å². The molecule has 1 aliphatic rings. The van der Waals surface area contributed by atoms with Gasteiger partial charge in [0.1, 0.15) is 11.5 Å². The van der Waals surface area contributed by atoms with Gasteiger partial charge in [0.05, 0.1) is 14.2 Å². The second-order valence-corrected chi connectivity index (χ2v) is 6.83. The van der Waals surface area contributed by atoms with Gasteiger partial charge in [0.15, 0.2) is 0 Å². The van der Waals surface area contributed by atoms with Crippen LogP contribution in [0.4, 0.5) is 18.3 Å². The third-order valence-corrected chi connectivity index (χ3v) is 5.15. The second kappa shape index (κ2) is 7.67. The highest BCUT2D eigenvalue weighted by Crippen LogP contribution is 2.34. The summed E-state index contributed by atoms with van der Waals surface area (Å²) >= 11 is 0.589. The van der Waals surface area contributed by atoms with Crippen LogP contribution in [0, 0.1) is 0 Å². The number of nitrogens with zero attached hydrogens (tertiary/aromatic N) is 4. The molecule has 1 aromatic carbocycles. The lowest BCUT2D eigenvalue weighted by Gasteiger charge is -2.34. The van der Waals surface area contributed by atoms with Gasteiger partial charge in [0.25, 0.3) is 0 Å². The van der Waals surface area contributed by atoms with Gasteiger partial charge in [-0.25, -0.2) is 0 Å². The van der Waals surface area contributed by atoms with Crippen molar-refractivity contribution < 1.29 is 22.6 Å². The maximum atomic E-state index is 12.7. The van der Waals surface area contributed by atoms with Gasteiger partial charge in [-0.1, -0.05) is 11.3 Å². The molecule has 2 aromatic rings. The van der Waals surface area contributed by atoms with Crippen LogP contribution in [0.25, 0.3) is 0 Å². The molecule has 3 rings (SSSR count). The zero-order valence-electron chi connectivity index (χ0n) is 14.4. The minimum Gasteiger partial charge on any atom is -0.497 e. The quantitative estimate of drug-likeness (QED) is 0.785. The fraction of sp³-hybridized carbons (Fsp3) is 0.500. The van der Waals surface area contributed by atoms with Gasteiger partial charge in [-0.05, 0) is 17.7 Å². The van der Waals surface area contributed by atoms with Crippen molar-refractivity contribution in [3.05, 3.63) is 28.8 Å². The maximum absolute atomic E-state index is 12.7. The zero-order valence-corrected chi connectivity index (χ0v) is 15.2. The summed E-state index contributed by atoms with van der Waals surface area (Å²) in [6.07, 6.45) is -4.44. The van der Waals surface area contributed by atoms with Gasteiger partial charge in [-0.3, -0.25) is 4.90 Å². The van der Waals surface area contributed by atoms with E-state index in [4.69, 9.17) is 9.47 Å². The third kappa shape index (κ3) is 4.36. The normalized spacial score (nSPS) is 16.0. The summed E-state index contributed by atoms with van der Waals surface area (Å²) < 4.78 is 48.5. The van der Waals surface area contributed by atoms with E-state index in [2.05, 4.69) is 15.1 Å². The smallest absolute Gasteiger partial charge is 0.445 e. The average molecular weight is 388 g/mol. The monoisotopic (exact) mass is 388 g/mol. The molecule has 0 amide bonds. The van der Waals surface area contributed by atoms with Crippen molar-refractivity contribution in [2.75, 3.05) is 45.3 Å². The van der Waals surface area contributed by atoms with Gasteiger partial charge >= 0.3 is 6.18 Å². The number of halogens is 3. The highest BCUT2D eigenvalue weighted by molar-refractivity contribution is 7.15. The largest absolute Gasteiger partial charge is 0.497 e. The Hall–Kier alpha value is -2.07. The van der Waals surface area contributed by atoms with Gasteiger partial charge in [-0.2, -0.15) is 13.2 Å². The average Bonchev–Trinajstić information content (AvgIpc) is 3.12. The molecular weight excluding hydrogens is 369 g/mol. The van der Waals surface area contributed by atoms with Crippen LogP contribution >= 0.6 is 11.3 Å². The minimum absolute atomic E-state index is 0.319. The van der Waals surface area contributed by atoms with Crippen molar-refractivity contribution in [2.24, 2.45) is 0 Å². The van der Waals surface area contributed by atoms with Gasteiger partial charge in [0.2, 0.25) is 10.1 Å². The fourth-order valence-corrected chi connectivity index (χ4v) is 3.53. The molecule has 6 nitrogen and oxygen atoms in total. The lowest BCUT2D eigenvalue weighted by molar-refractivity contribution is -0.138. The number of aromatic nitrogens is 2. The van der Waals surface area contributed by atoms with E-state index in [1.54, 1.807) is 14.2 Å². The SMILES string of the molecule is COc1cc(CN2CCN(c3nnc(C(F)(F)F)s3)CC2)cc(OC)c1. The number of hydrogen-bond acceptors (Lipinski definition) is 7. The van der Waals surface area contributed by atoms with Gasteiger partial charge < -0.3 is 14.4 Å². The molecule has 2 heterocycles. The Morgan fingerprint density at radius 2 is 1.62 bits per heavy atom. The first-order valence-electron chi connectivity index (χ1n) is 7.99. The molecule has 1 aliphatic heterocycles. The van der Waals surface area contributed by atoms with E-state index in [9.17, 15) is 13.2 Å². The molecule has 0 radical (unpaired) electrons. The number of hydrogen-bond donors (Lipinski definition) is 0. The predicted molar refractivity (Wildman–Crippen MR) is 91.9 cm³/mol. The molecule has 0 unspecified atom stereocenters. The van der Waals surface area contributed by atoms with Crippen molar-refractivity contribution in [3.63, 3.8) is 0 Å². The van der Waals surface area contributed by atoms with Crippen LogP contribution < -0.4 is 14.4 Å². The van der Waals surface area contributed by atoms with E-state index in [1.807, 2.05) is 23.1 Å². The zero-order chi connectivity index (χ0) is 18.7. The van der Waals surface area contributed by atoms with Crippen LogP contribution in [-0.2, 0) is 12.7 Å². The highest BCUT2D eigenvalue weighted by Gasteiger charge is 2.36. The van der Waals surface area contributed by atoms with E-state index in [1.165, 1.54) is 0 Å². The number of methoxy groups -OCH3 is 2. The van der Waals surface area contributed by atoms with E-state index >= 15 is 0 Å². The van der Waals surface area contributed by atoms with Crippen LogP contribution in [0.1, 0.15) is 10.6 Å². The molecule has 1 aromatic heterocycles. The molecule has 26 heavy (non-hydrogen) atoms. The van der Waals surface area contributed by atoms with E-state index in [-0.39, 0.29) is 0 Å². The van der Waals surface area contributed by atoms with Gasteiger partial charge in [0, 0.05) is 38.8 Å². The number of ether oxygens (including phenoxy) is 2. The first kappa shape index (κ1) is 18.7. The van der Waals surface area contributed by atoms with Crippen LogP contribution in [0.3, 0.4) is 0 Å². The third-order valence-electron chi connectivity index (χ3n) is 4.12. The van der Waals surface area contributed by atoms with Gasteiger partial charge in [-0.15, -0.1) is 10.2 Å². The van der Waals surface area contributed by atoms with E-state index in [0.29, 0.717) is 36.1 Å². The highest BCUT2D eigenvalue weighted by atomic mass is 32.1. The first-order valence-corrected chi connectivity index (χ1v) is 8.80. The molecule has 0 aliphatic carbocycles. The molecule has 0 atom stereocenters. The van der Waals surface area contributed by atoms with Crippen molar-refractivity contribution in [2.45, 2.75) is 12.7 Å². The number of anilines is 1. The van der Waals surface area contributed by atoms with E-state index < -0.39 is 11.2 Å². The Morgan fingerprint density at radius 3 is 2.12 bits per heavy atom. The second-order valence-electron chi connectivity index (χ2n) is 5.87. The molecule has 0 N–H and O–H groups in total. The fourth-order valence-electron chi connectivity index (χ4n) is 2.77. The topological polar surface area (TPSA) is 50.7 Å². The number of alkyl halides is 3. The van der Waals surface area contributed by atoms with E-state index in [0.717, 1.165) is 30.2 Å². The standard InChI is InChI=1S/C16H19F3N4O2S/c1-24-12-7-11(8-13(9-12)25-2)10-22-3-5-23(6-4-22)15-21-20-14(26-15)16(17,18)19/h7-9H,3-6,10H2,1-2H3. The molecule has 0 saturated carbocycles. The van der Waals surface area contributed by atoms with Crippen molar-refractivity contribution in [1.82, 2.24) is 15.1 Å². The molecule has 1 fully saturated rings. The summed E-state index contributed by atoms with van der Waals surface area (Å²) in [6.45, 7) is 3.37. The number of benzene rings is 1. The molecular formula is C16H19F3N4O2S. The molecule has 0 bridgehead atoms. The lowest BCUT2D eigenvalue weighted by atomic mass is 10.1. The summed E-state index contributed by atoms with van der Waals surface area (Å²) in [6, 6.07) is 5.72. The lowest BCUT2D eigenvalue weighted by Crippen LogP contribution is -2.45. The van der Waals surface area contributed by atoms with Crippen LogP contribution in [0.15, 0.2) is 18.2 Å². The summed E-state index contributed by atoms with van der Waals surface area (Å²) in [5.41, 5.74) is 1.06. The first-order chi connectivity index (χ1) is 12.4. The van der Waals surface area contributed by atoms with Crippen molar-refractivity contribution >= 4 is 16.5 Å². The minimum atomic E-state index is -4.44. The Kier molecular flexibility index (Phi) is 5.52. The number of rotatable bonds is 5. The molecule has 142 valence electrons. The van der Waals surface area contributed by atoms with Crippen molar-refractivity contribution in [3.8, 4) is 11.5 Å². The molecule has 10 heteroatoms. The van der Waals surface area contributed by atoms with Crippen molar-refractivity contribution in [1.29, 1.82) is 0 Å². The Morgan fingerprint density at radius 1 is 1.00 bits per heavy atom. The Bertz CT molecular complexity index is 723. The summed E-state index contributed by atoms with van der Waals surface area (Å²) in [5.74, 6) is 1.46. The van der Waals surface area contributed by atoms with Crippen LogP contribution in [0.5, 0.6) is 11.5 Å².